The van der Waals surface area contributed by atoms with Gasteiger partial charge in [0.05, 0.1) is 25.0 Å². The van der Waals surface area contributed by atoms with Crippen LogP contribution in [0.15, 0.2) is 38.0 Å². The minimum Gasteiger partial charge on any atom is -0.504 e. The molecule has 0 aliphatic rings. The summed E-state index contributed by atoms with van der Waals surface area (Å²) >= 11 is 6.15. The number of nitrogens with two attached hydrogens (primary N) is 1. The number of carbonyl (C=O) groups is 2. The number of nitrogens with zero attached hydrogens (tertiary/aromatic N) is 1. The van der Waals surface area contributed by atoms with Crippen LogP contribution in [0.3, 0.4) is 0 Å². The number of rotatable bonds is 3. The van der Waals surface area contributed by atoms with Crippen LogP contribution < -0.4 is 5.73 Å². The fraction of sp³-hybridized carbons (Fsp3) is 0.267. The summed E-state index contributed by atoms with van der Waals surface area (Å²) < 4.78 is 14.6. The summed E-state index contributed by atoms with van der Waals surface area (Å²) in [6.45, 7) is 0. The van der Waals surface area contributed by atoms with Crippen LogP contribution in [-0.4, -0.2) is 36.2 Å². The predicted molar refractivity (Wildman–Crippen MR) is 107 cm³/mol. The first-order valence-corrected chi connectivity index (χ1v) is 7.90. The summed E-state index contributed by atoms with van der Waals surface area (Å²) in [5.41, 5.74) is 5.30. The Kier molecular flexibility index (Phi) is 13.2. The quantitative estimate of drug-likeness (QED) is 0.428. The molecule has 1 atom stereocenters. The lowest BCUT2D eigenvalue weighted by molar-refractivity contribution is -0.142. The van der Waals surface area contributed by atoms with Crippen molar-refractivity contribution in [1.29, 1.82) is 0 Å². The lowest BCUT2D eigenvalue weighted by Gasteiger charge is -2.04. The molecule has 0 bridgehead atoms. The number of aromatic hydroxyl groups is 1. The number of pyridine rings is 1. The Labute approximate surface area is 178 Å². The van der Waals surface area contributed by atoms with Crippen molar-refractivity contribution in [2.24, 2.45) is 5.73 Å². The van der Waals surface area contributed by atoms with E-state index in [-0.39, 0.29) is 35.9 Å². The zero-order valence-corrected chi connectivity index (χ0v) is 17.9. The van der Waals surface area contributed by atoms with E-state index in [1.807, 2.05) is 0 Å². The minimum absolute atomic E-state index is 0. The first-order chi connectivity index (χ1) is 11.3. The van der Waals surface area contributed by atoms with Crippen LogP contribution in [0.4, 0.5) is 0 Å². The molecule has 0 saturated heterocycles. The Bertz CT molecular complexity index is 710. The molecule has 0 saturated carbocycles. The van der Waals surface area contributed by atoms with Gasteiger partial charge in [0.15, 0.2) is 17.5 Å². The second-order valence-corrected chi connectivity index (χ2v) is 5.80. The maximum absolute atomic E-state index is 11.1. The fourth-order valence-electron chi connectivity index (χ4n) is 1.43. The molecule has 146 valence electrons. The molecule has 0 amide bonds. The Morgan fingerprint density at radius 2 is 1.92 bits per heavy atom. The molecule has 2 aromatic heterocycles. The van der Waals surface area contributed by atoms with Gasteiger partial charge in [0.2, 0.25) is 0 Å². The number of carbonyl (C=O) groups excluding carboxylic acids is 2. The standard InChI is InChI=1S/C7H5Br2NO3.C7H9NO3.CH4.BrH/c1-13-7(12)5-6(11)3(8)2-4(9)10-5;1-10-7(9)6(8)5-3-2-4-11-5;;/h2,11H,1H3;2-4,6H,8H2,1H3;1H4;1H. The molecule has 0 aliphatic carbocycles. The molecular formula is C15H19Br3N2O6. The minimum atomic E-state index is -0.810. The number of hydrogen-bond acceptors (Lipinski definition) is 8. The third kappa shape index (κ3) is 7.44. The Balaban J connectivity index is 0. The van der Waals surface area contributed by atoms with Crippen LogP contribution >= 0.6 is 48.8 Å². The highest BCUT2D eigenvalue weighted by Crippen LogP contribution is 2.29. The van der Waals surface area contributed by atoms with Crippen molar-refractivity contribution >= 4 is 60.8 Å². The third-order valence-electron chi connectivity index (χ3n) is 2.60. The number of methoxy groups -OCH3 is 2. The Morgan fingerprint density at radius 1 is 1.31 bits per heavy atom. The molecule has 11 heteroatoms. The molecule has 2 heterocycles. The lowest BCUT2D eigenvalue weighted by atomic mass is 10.2. The number of esters is 2. The van der Waals surface area contributed by atoms with Crippen LogP contribution in [0.2, 0.25) is 0 Å². The molecule has 2 aromatic rings. The Hall–Kier alpha value is -1.43. The molecule has 2 rings (SSSR count). The van der Waals surface area contributed by atoms with Crippen LogP contribution in [0.5, 0.6) is 5.75 Å². The number of furan rings is 1. The third-order valence-corrected chi connectivity index (χ3v) is 3.61. The molecule has 0 aromatic carbocycles. The van der Waals surface area contributed by atoms with Gasteiger partial charge in [-0.1, -0.05) is 7.43 Å². The summed E-state index contributed by atoms with van der Waals surface area (Å²) in [7, 11) is 2.50. The van der Waals surface area contributed by atoms with E-state index < -0.39 is 18.0 Å². The maximum atomic E-state index is 11.1. The molecule has 26 heavy (non-hydrogen) atoms. The van der Waals surface area contributed by atoms with E-state index in [0.29, 0.717) is 14.8 Å². The molecule has 3 N–H and O–H groups in total. The zero-order chi connectivity index (χ0) is 18.3. The van der Waals surface area contributed by atoms with Gasteiger partial charge in [0.1, 0.15) is 10.4 Å². The van der Waals surface area contributed by atoms with Crippen LogP contribution in [0.1, 0.15) is 29.7 Å². The van der Waals surface area contributed by atoms with Gasteiger partial charge in [-0.15, -0.1) is 17.0 Å². The summed E-state index contributed by atoms with van der Waals surface area (Å²) in [5.74, 6) is -0.994. The van der Waals surface area contributed by atoms with Gasteiger partial charge in [-0.05, 0) is 50.1 Å². The smallest absolute Gasteiger partial charge is 0.360 e. The fourth-order valence-corrected chi connectivity index (χ4v) is 2.55. The molecule has 0 radical (unpaired) electrons. The van der Waals surface area contributed by atoms with E-state index in [0.717, 1.165) is 0 Å². The van der Waals surface area contributed by atoms with E-state index in [9.17, 15) is 14.7 Å². The number of hydrogen-bond donors (Lipinski definition) is 2. The average Bonchev–Trinajstić information content (AvgIpc) is 3.11. The summed E-state index contributed by atoms with van der Waals surface area (Å²) in [6.07, 6.45) is 1.46. The van der Waals surface area contributed by atoms with Crippen molar-refractivity contribution in [2.45, 2.75) is 13.5 Å². The number of ether oxygens (including phenoxy) is 2. The van der Waals surface area contributed by atoms with Gasteiger partial charge in [0.25, 0.3) is 0 Å². The van der Waals surface area contributed by atoms with Gasteiger partial charge in [-0.2, -0.15) is 0 Å². The predicted octanol–water partition coefficient (Wildman–Crippen LogP) is 3.77. The Morgan fingerprint density at radius 3 is 2.38 bits per heavy atom. The van der Waals surface area contributed by atoms with E-state index >= 15 is 0 Å². The molecule has 1 unspecified atom stereocenters. The van der Waals surface area contributed by atoms with Crippen LogP contribution in [0, 0.1) is 0 Å². The van der Waals surface area contributed by atoms with Crippen molar-refractivity contribution in [1.82, 2.24) is 4.98 Å². The highest BCUT2D eigenvalue weighted by molar-refractivity contribution is 9.11. The van der Waals surface area contributed by atoms with Gasteiger partial charge in [0, 0.05) is 0 Å². The maximum Gasteiger partial charge on any atom is 0.360 e. The number of halogens is 3. The highest BCUT2D eigenvalue weighted by atomic mass is 79.9. The first kappa shape index (κ1) is 26.8. The van der Waals surface area contributed by atoms with E-state index in [1.165, 1.54) is 26.5 Å². The topological polar surface area (TPSA) is 125 Å². The van der Waals surface area contributed by atoms with Crippen LogP contribution in [0.25, 0.3) is 0 Å². The molecule has 8 nitrogen and oxygen atoms in total. The molecule has 0 spiro atoms. The normalized spacial score (nSPS) is 10.2. The lowest BCUT2D eigenvalue weighted by Crippen LogP contribution is -2.21. The van der Waals surface area contributed by atoms with Crippen molar-refractivity contribution in [3.63, 3.8) is 0 Å². The average molecular weight is 563 g/mol. The summed E-state index contributed by atoms with van der Waals surface area (Å²) in [6, 6.07) is 4.01. The summed E-state index contributed by atoms with van der Waals surface area (Å²) in [5, 5.41) is 9.39. The van der Waals surface area contributed by atoms with Gasteiger partial charge < -0.3 is 24.7 Å². The molecule has 0 aliphatic heterocycles. The molecular weight excluding hydrogens is 544 g/mol. The van der Waals surface area contributed by atoms with Crippen molar-refractivity contribution in [3.05, 3.63) is 45.0 Å². The second kappa shape index (κ2) is 12.8. The van der Waals surface area contributed by atoms with Crippen molar-refractivity contribution in [2.75, 3.05) is 14.2 Å². The number of aromatic nitrogens is 1. The molecule has 0 fully saturated rings. The zero-order valence-electron chi connectivity index (χ0n) is 13.1. The van der Waals surface area contributed by atoms with Gasteiger partial charge >= 0.3 is 11.9 Å². The van der Waals surface area contributed by atoms with Gasteiger partial charge in [-0.25, -0.2) is 14.6 Å². The van der Waals surface area contributed by atoms with Gasteiger partial charge in [-0.3, -0.25) is 0 Å². The monoisotopic (exact) mass is 560 g/mol. The van der Waals surface area contributed by atoms with Crippen molar-refractivity contribution in [3.8, 4) is 5.75 Å². The first-order valence-electron chi connectivity index (χ1n) is 6.31. The SMILES string of the molecule is Br.C.COC(=O)C(N)c1ccco1.COC(=O)c1nc(Br)cc(Br)c1O. The summed E-state index contributed by atoms with van der Waals surface area (Å²) in [4.78, 5) is 25.6. The van der Waals surface area contributed by atoms with E-state index in [4.69, 9.17) is 10.2 Å². The largest absolute Gasteiger partial charge is 0.504 e. The van der Waals surface area contributed by atoms with E-state index in [1.54, 1.807) is 12.1 Å². The van der Waals surface area contributed by atoms with Crippen molar-refractivity contribution < 1.29 is 28.6 Å². The van der Waals surface area contributed by atoms with Crippen LogP contribution in [-0.2, 0) is 14.3 Å². The second-order valence-electron chi connectivity index (χ2n) is 4.13. The van der Waals surface area contributed by atoms with E-state index in [2.05, 4.69) is 46.3 Å². The highest BCUT2D eigenvalue weighted by Gasteiger charge is 2.18.